The highest BCUT2D eigenvalue weighted by molar-refractivity contribution is 5.79. The third-order valence-electron chi connectivity index (χ3n) is 3.63. The Labute approximate surface area is 114 Å². The van der Waals surface area contributed by atoms with Crippen molar-refractivity contribution in [3.8, 4) is 0 Å². The Bertz CT molecular complexity index is 461. The number of amidine groups is 1. The minimum absolute atomic E-state index is 0.240. The molecule has 1 aliphatic heterocycles. The average Bonchev–Trinajstić information content (AvgIpc) is 2.38. The lowest BCUT2D eigenvalue weighted by Crippen LogP contribution is -2.38. The molecule has 2 heterocycles. The Morgan fingerprint density at radius 1 is 1.37 bits per heavy atom. The molecule has 0 atom stereocenters. The fourth-order valence-corrected chi connectivity index (χ4v) is 2.41. The van der Waals surface area contributed by atoms with Gasteiger partial charge in [-0.1, -0.05) is 13.8 Å². The highest BCUT2D eigenvalue weighted by Gasteiger charge is 2.22. The van der Waals surface area contributed by atoms with E-state index in [4.69, 9.17) is 11.1 Å². The van der Waals surface area contributed by atoms with Crippen molar-refractivity contribution in [2.24, 2.45) is 11.7 Å². The molecule has 0 saturated carbocycles. The number of anilines is 1. The summed E-state index contributed by atoms with van der Waals surface area (Å²) in [6.45, 7) is 8.07. The zero-order valence-corrected chi connectivity index (χ0v) is 12.0. The average molecular weight is 261 g/mol. The molecule has 0 aromatic carbocycles. The zero-order chi connectivity index (χ0) is 14.0. The summed E-state index contributed by atoms with van der Waals surface area (Å²) in [5, 5.41) is 7.52. The number of aromatic nitrogens is 2. The van der Waals surface area contributed by atoms with E-state index in [-0.39, 0.29) is 5.92 Å². The molecule has 0 aliphatic carbocycles. The summed E-state index contributed by atoms with van der Waals surface area (Å²) in [6, 6.07) is 2.04. The van der Waals surface area contributed by atoms with Gasteiger partial charge in [0.2, 0.25) is 0 Å². The van der Waals surface area contributed by atoms with E-state index < -0.39 is 0 Å². The normalized spacial score (nSPS) is 16.9. The fourth-order valence-electron chi connectivity index (χ4n) is 2.41. The molecule has 0 bridgehead atoms. The molecule has 104 valence electrons. The molecule has 1 aromatic heterocycles. The molecule has 19 heavy (non-hydrogen) atoms. The van der Waals surface area contributed by atoms with Crippen LogP contribution in [0.2, 0.25) is 0 Å². The Morgan fingerprint density at radius 3 is 2.53 bits per heavy atom. The summed E-state index contributed by atoms with van der Waals surface area (Å²) in [4.78, 5) is 11.4. The number of nitrogens with one attached hydrogen (secondary N) is 1. The third kappa shape index (κ3) is 3.22. The van der Waals surface area contributed by atoms with E-state index in [1.807, 2.05) is 13.0 Å². The van der Waals surface area contributed by atoms with Gasteiger partial charge < -0.3 is 10.6 Å². The second kappa shape index (κ2) is 5.55. The topological polar surface area (TPSA) is 78.9 Å². The maximum absolute atomic E-state index is 7.52. The first-order valence-corrected chi connectivity index (χ1v) is 6.92. The van der Waals surface area contributed by atoms with Gasteiger partial charge in [0.1, 0.15) is 11.6 Å². The molecule has 1 saturated heterocycles. The Hall–Kier alpha value is -1.65. The maximum Gasteiger partial charge on any atom is 0.133 e. The first-order valence-electron chi connectivity index (χ1n) is 6.92. The zero-order valence-electron chi connectivity index (χ0n) is 12.0. The summed E-state index contributed by atoms with van der Waals surface area (Å²) in [5.74, 6) is 2.82. The Morgan fingerprint density at radius 2 is 2.00 bits per heavy atom. The number of rotatable bonds is 3. The number of hydrogen-bond donors (Lipinski definition) is 2. The number of nitrogens with two attached hydrogens (primary N) is 1. The van der Waals surface area contributed by atoms with Crippen LogP contribution in [0, 0.1) is 18.3 Å². The van der Waals surface area contributed by atoms with Crippen LogP contribution in [0.25, 0.3) is 0 Å². The molecule has 5 heteroatoms. The predicted molar refractivity (Wildman–Crippen MR) is 77.7 cm³/mol. The van der Waals surface area contributed by atoms with Gasteiger partial charge in [-0.05, 0) is 19.8 Å². The summed E-state index contributed by atoms with van der Waals surface area (Å²) in [5.41, 5.74) is 6.59. The molecule has 1 fully saturated rings. The lowest BCUT2D eigenvalue weighted by molar-refractivity contribution is 0.494. The summed E-state index contributed by atoms with van der Waals surface area (Å²) >= 11 is 0. The third-order valence-corrected chi connectivity index (χ3v) is 3.63. The predicted octanol–water partition coefficient (Wildman–Crippen LogP) is 2.06. The van der Waals surface area contributed by atoms with Crippen LogP contribution in [0.3, 0.4) is 0 Å². The van der Waals surface area contributed by atoms with E-state index >= 15 is 0 Å². The largest absolute Gasteiger partial charge is 0.387 e. The molecule has 2 rings (SSSR count). The van der Waals surface area contributed by atoms with Gasteiger partial charge in [0.05, 0.1) is 5.84 Å². The van der Waals surface area contributed by atoms with Crippen molar-refractivity contribution in [3.05, 3.63) is 17.6 Å². The second-order valence-electron chi connectivity index (χ2n) is 5.60. The molecule has 0 spiro atoms. The van der Waals surface area contributed by atoms with Crippen LogP contribution in [-0.4, -0.2) is 28.9 Å². The number of piperidine rings is 1. The van der Waals surface area contributed by atoms with Crippen molar-refractivity contribution in [1.29, 1.82) is 5.41 Å². The standard InChI is InChI=1S/C14H23N5/c1-9(2)14-17-10(3)8-12(18-14)19-6-4-11(5-7-19)13(15)16/h8-9,11H,4-7H2,1-3H3,(H3,15,16). The molecular weight excluding hydrogens is 238 g/mol. The number of nitrogens with zero attached hydrogens (tertiary/aromatic N) is 3. The van der Waals surface area contributed by atoms with E-state index in [1.54, 1.807) is 0 Å². The van der Waals surface area contributed by atoms with Crippen LogP contribution in [0.15, 0.2) is 6.07 Å². The van der Waals surface area contributed by atoms with E-state index in [2.05, 4.69) is 28.7 Å². The van der Waals surface area contributed by atoms with E-state index in [9.17, 15) is 0 Å². The fraction of sp³-hybridized carbons (Fsp3) is 0.643. The van der Waals surface area contributed by atoms with Crippen LogP contribution in [0.1, 0.15) is 44.1 Å². The van der Waals surface area contributed by atoms with Gasteiger partial charge in [-0.2, -0.15) is 0 Å². The van der Waals surface area contributed by atoms with Gasteiger partial charge in [0, 0.05) is 36.7 Å². The van der Waals surface area contributed by atoms with Gasteiger partial charge >= 0.3 is 0 Å². The van der Waals surface area contributed by atoms with Gasteiger partial charge in [0.25, 0.3) is 0 Å². The highest BCUT2D eigenvalue weighted by Crippen LogP contribution is 2.23. The van der Waals surface area contributed by atoms with Crippen molar-refractivity contribution in [3.63, 3.8) is 0 Å². The molecule has 0 amide bonds. The van der Waals surface area contributed by atoms with Crippen LogP contribution < -0.4 is 10.6 Å². The van der Waals surface area contributed by atoms with Crippen LogP contribution in [0.5, 0.6) is 0 Å². The van der Waals surface area contributed by atoms with Crippen LogP contribution in [-0.2, 0) is 0 Å². The quantitative estimate of drug-likeness (QED) is 0.645. The molecule has 0 radical (unpaired) electrons. The van der Waals surface area contributed by atoms with E-state index in [0.29, 0.717) is 11.8 Å². The van der Waals surface area contributed by atoms with Gasteiger partial charge in [-0.3, -0.25) is 5.41 Å². The summed E-state index contributed by atoms with van der Waals surface area (Å²) in [6.07, 6.45) is 1.88. The van der Waals surface area contributed by atoms with Crippen LogP contribution in [0.4, 0.5) is 5.82 Å². The lowest BCUT2D eigenvalue weighted by atomic mass is 9.96. The first-order chi connectivity index (χ1) is 8.97. The maximum atomic E-state index is 7.52. The Kier molecular flexibility index (Phi) is 4.02. The van der Waals surface area contributed by atoms with Crippen molar-refractivity contribution in [1.82, 2.24) is 9.97 Å². The second-order valence-corrected chi connectivity index (χ2v) is 5.60. The number of aryl methyl sites for hydroxylation is 1. The SMILES string of the molecule is Cc1cc(N2CCC(C(=N)N)CC2)nc(C(C)C)n1. The van der Waals surface area contributed by atoms with E-state index in [1.165, 1.54) is 0 Å². The number of hydrogen-bond acceptors (Lipinski definition) is 4. The Balaban J connectivity index is 2.13. The van der Waals surface area contributed by atoms with Crippen molar-refractivity contribution in [2.45, 2.75) is 39.5 Å². The van der Waals surface area contributed by atoms with Crippen molar-refractivity contribution in [2.75, 3.05) is 18.0 Å². The van der Waals surface area contributed by atoms with Crippen molar-refractivity contribution < 1.29 is 0 Å². The first kappa shape index (κ1) is 13.8. The smallest absolute Gasteiger partial charge is 0.133 e. The molecular formula is C14H23N5. The molecule has 1 aromatic rings. The van der Waals surface area contributed by atoms with Crippen molar-refractivity contribution >= 4 is 11.7 Å². The lowest BCUT2D eigenvalue weighted by Gasteiger charge is -2.32. The van der Waals surface area contributed by atoms with Gasteiger partial charge in [-0.15, -0.1) is 0 Å². The highest BCUT2D eigenvalue weighted by atomic mass is 15.2. The molecule has 0 unspecified atom stereocenters. The molecule has 1 aliphatic rings. The van der Waals surface area contributed by atoms with Gasteiger partial charge in [-0.25, -0.2) is 9.97 Å². The van der Waals surface area contributed by atoms with E-state index in [0.717, 1.165) is 43.3 Å². The minimum Gasteiger partial charge on any atom is -0.387 e. The monoisotopic (exact) mass is 261 g/mol. The van der Waals surface area contributed by atoms with Gasteiger partial charge in [0.15, 0.2) is 0 Å². The minimum atomic E-state index is 0.240. The molecule has 3 N–H and O–H groups in total. The summed E-state index contributed by atoms with van der Waals surface area (Å²) < 4.78 is 0. The molecule has 5 nitrogen and oxygen atoms in total. The van der Waals surface area contributed by atoms with Crippen LogP contribution >= 0.6 is 0 Å². The summed E-state index contributed by atoms with van der Waals surface area (Å²) in [7, 11) is 0.